The van der Waals surface area contributed by atoms with Gasteiger partial charge in [0.05, 0.1) is 22.2 Å². The van der Waals surface area contributed by atoms with E-state index >= 15 is 0 Å². The summed E-state index contributed by atoms with van der Waals surface area (Å²) >= 11 is 6.35. The average molecular weight is 646 g/mol. The molecule has 0 aromatic heterocycles. The van der Waals surface area contributed by atoms with Gasteiger partial charge in [-0.2, -0.15) is 0 Å². The van der Waals surface area contributed by atoms with Crippen molar-refractivity contribution in [1.29, 1.82) is 0 Å². The lowest BCUT2D eigenvalue weighted by Crippen LogP contribution is -2.42. The van der Waals surface area contributed by atoms with Gasteiger partial charge in [0, 0.05) is 4.47 Å². The van der Waals surface area contributed by atoms with Gasteiger partial charge in [0.1, 0.15) is 12.6 Å². The second-order valence-corrected chi connectivity index (χ2v) is 10.0. The number of thioether (sulfide) groups is 1. The molecule has 1 saturated heterocycles. The van der Waals surface area contributed by atoms with E-state index < -0.39 is 23.2 Å². The smallest absolute Gasteiger partial charge is 0.328 e. The van der Waals surface area contributed by atoms with Crippen LogP contribution in [0.25, 0.3) is 6.08 Å². The highest BCUT2D eigenvalue weighted by Gasteiger charge is 2.41. The van der Waals surface area contributed by atoms with Crippen LogP contribution in [0.1, 0.15) is 25.0 Å². The van der Waals surface area contributed by atoms with E-state index in [1.54, 1.807) is 12.1 Å². The Morgan fingerprint density at radius 1 is 1.21 bits per heavy atom. The lowest BCUT2D eigenvalue weighted by atomic mass is 10.1. The van der Waals surface area contributed by atoms with Crippen LogP contribution in [0.5, 0.6) is 11.5 Å². The molecule has 1 aliphatic heterocycles. The summed E-state index contributed by atoms with van der Waals surface area (Å²) in [6.45, 7) is 4.13. The third kappa shape index (κ3) is 6.10. The van der Waals surface area contributed by atoms with Crippen LogP contribution in [0.2, 0.25) is 0 Å². The Labute approximate surface area is 218 Å². The maximum absolute atomic E-state index is 12.8. The van der Waals surface area contributed by atoms with Crippen LogP contribution < -0.4 is 9.47 Å². The van der Waals surface area contributed by atoms with Gasteiger partial charge in [-0.1, -0.05) is 28.1 Å². The van der Waals surface area contributed by atoms with Gasteiger partial charge in [-0.05, 0) is 89.7 Å². The fourth-order valence-corrected chi connectivity index (χ4v) is 5.01. The molecule has 1 heterocycles. The third-order valence-electron chi connectivity index (χ3n) is 4.68. The van der Waals surface area contributed by atoms with Crippen LogP contribution in [0.4, 0.5) is 4.79 Å². The molecule has 2 amide bonds. The fourth-order valence-electron chi connectivity index (χ4n) is 3.05. The number of hydrogen-bond acceptors (Lipinski definition) is 7. The van der Waals surface area contributed by atoms with E-state index in [-0.39, 0.29) is 4.91 Å². The third-order valence-corrected chi connectivity index (χ3v) is 6.89. The lowest BCUT2D eigenvalue weighted by molar-refractivity contribution is -0.148. The highest BCUT2D eigenvalue weighted by atomic mass is 127. The first kappa shape index (κ1) is 25.6. The molecule has 0 spiro atoms. The van der Waals surface area contributed by atoms with E-state index in [4.69, 9.17) is 9.47 Å². The lowest BCUT2D eigenvalue weighted by Gasteiger charge is -2.18. The highest BCUT2D eigenvalue weighted by molar-refractivity contribution is 14.1. The van der Waals surface area contributed by atoms with Crippen molar-refractivity contribution in [2.24, 2.45) is 0 Å². The molecule has 0 unspecified atom stereocenters. The van der Waals surface area contributed by atoms with E-state index in [2.05, 4.69) is 43.3 Å². The van der Waals surface area contributed by atoms with E-state index in [9.17, 15) is 14.4 Å². The first-order chi connectivity index (χ1) is 15.7. The molecule has 1 atom stereocenters. The number of methoxy groups -OCH3 is 1. The van der Waals surface area contributed by atoms with Crippen molar-refractivity contribution in [3.05, 3.63) is 60.5 Å². The SMILES string of the molecule is CCOc1cc(/C=C2/SC(=O)N([C@@H](C)C(=O)OC)C2=O)cc(I)c1OCc1ccc(Br)cc1. The summed E-state index contributed by atoms with van der Waals surface area (Å²) < 4.78 is 18.3. The van der Waals surface area contributed by atoms with E-state index in [1.807, 2.05) is 37.3 Å². The highest BCUT2D eigenvalue weighted by Crippen LogP contribution is 2.38. The van der Waals surface area contributed by atoms with Crippen molar-refractivity contribution in [3.63, 3.8) is 0 Å². The molecule has 33 heavy (non-hydrogen) atoms. The van der Waals surface area contributed by atoms with Crippen LogP contribution in [0.3, 0.4) is 0 Å². The van der Waals surface area contributed by atoms with Crippen molar-refractivity contribution < 1.29 is 28.6 Å². The molecule has 0 aliphatic carbocycles. The standard InChI is InChI=1S/C23H21BrINO6S/c1-4-31-18-10-15(9-17(25)20(18)32-12-14-5-7-16(24)8-6-14)11-19-21(27)26(23(29)33-19)13(2)22(28)30-3/h5-11,13H,4,12H2,1-3H3/b19-11+/t13-/m0/s1. The molecule has 10 heteroatoms. The Morgan fingerprint density at radius 3 is 2.55 bits per heavy atom. The summed E-state index contributed by atoms with van der Waals surface area (Å²) in [4.78, 5) is 38.1. The van der Waals surface area contributed by atoms with Gasteiger partial charge < -0.3 is 14.2 Å². The zero-order chi connectivity index (χ0) is 24.1. The van der Waals surface area contributed by atoms with Crippen molar-refractivity contribution in [2.45, 2.75) is 26.5 Å². The van der Waals surface area contributed by atoms with Crippen molar-refractivity contribution in [1.82, 2.24) is 4.90 Å². The van der Waals surface area contributed by atoms with Gasteiger partial charge in [0.2, 0.25) is 0 Å². The second-order valence-electron chi connectivity index (χ2n) is 6.93. The van der Waals surface area contributed by atoms with Gasteiger partial charge in [-0.15, -0.1) is 0 Å². The molecule has 1 aliphatic rings. The minimum Gasteiger partial charge on any atom is -0.490 e. The Hall–Kier alpha value is -2.05. The summed E-state index contributed by atoms with van der Waals surface area (Å²) in [7, 11) is 1.21. The molecule has 0 N–H and O–H groups in total. The molecular weight excluding hydrogens is 625 g/mol. The summed E-state index contributed by atoms with van der Waals surface area (Å²) in [5.74, 6) is -0.0507. The summed E-state index contributed by atoms with van der Waals surface area (Å²) in [6, 6.07) is 10.4. The number of rotatable bonds is 8. The second kappa shape index (κ2) is 11.4. The van der Waals surface area contributed by atoms with Crippen LogP contribution in [0.15, 0.2) is 45.8 Å². The number of amides is 2. The molecule has 7 nitrogen and oxygen atoms in total. The van der Waals surface area contributed by atoms with Gasteiger partial charge in [0.15, 0.2) is 11.5 Å². The molecule has 174 valence electrons. The minimum atomic E-state index is -0.998. The quantitative estimate of drug-likeness (QED) is 0.209. The number of benzene rings is 2. The molecule has 0 radical (unpaired) electrons. The predicted molar refractivity (Wildman–Crippen MR) is 138 cm³/mol. The monoisotopic (exact) mass is 645 g/mol. The Morgan fingerprint density at radius 2 is 1.91 bits per heavy atom. The van der Waals surface area contributed by atoms with E-state index in [0.29, 0.717) is 30.3 Å². The van der Waals surface area contributed by atoms with Gasteiger partial charge >= 0.3 is 5.97 Å². The predicted octanol–water partition coefficient (Wildman–Crippen LogP) is 5.63. The molecule has 0 bridgehead atoms. The molecule has 3 rings (SSSR count). The van der Waals surface area contributed by atoms with Gasteiger partial charge in [0.25, 0.3) is 11.1 Å². The summed E-state index contributed by atoms with van der Waals surface area (Å²) in [6.07, 6.45) is 1.61. The van der Waals surface area contributed by atoms with Crippen molar-refractivity contribution >= 4 is 73.5 Å². The van der Waals surface area contributed by atoms with Gasteiger partial charge in [-0.3, -0.25) is 14.5 Å². The number of esters is 1. The van der Waals surface area contributed by atoms with E-state index in [0.717, 1.165) is 30.3 Å². The maximum atomic E-state index is 12.8. The van der Waals surface area contributed by atoms with Gasteiger partial charge in [-0.25, -0.2) is 4.79 Å². The van der Waals surface area contributed by atoms with Crippen LogP contribution >= 0.6 is 50.3 Å². The number of ether oxygens (including phenoxy) is 3. The molecule has 2 aromatic rings. The van der Waals surface area contributed by atoms with Crippen LogP contribution in [0, 0.1) is 3.57 Å². The van der Waals surface area contributed by atoms with Crippen LogP contribution in [-0.4, -0.2) is 41.8 Å². The number of nitrogens with zero attached hydrogens (tertiary/aromatic N) is 1. The number of imide groups is 1. The number of carbonyl (C=O) groups is 3. The maximum Gasteiger partial charge on any atom is 0.328 e. The minimum absolute atomic E-state index is 0.220. The first-order valence-corrected chi connectivity index (χ1v) is 12.6. The Bertz CT molecular complexity index is 1100. The first-order valence-electron chi connectivity index (χ1n) is 9.93. The molecule has 2 aromatic carbocycles. The number of hydrogen-bond donors (Lipinski definition) is 0. The molecule has 1 fully saturated rings. The van der Waals surface area contributed by atoms with Crippen molar-refractivity contribution in [2.75, 3.05) is 13.7 Å². The van der Waals surface area contributed by atoms with E-state index in [1.165, 1.54) is 14.0 Å². The fraction of sp³-hybridized carbons (Fsp3) is 0.261. The number of carbonyl (C=O) groups excluding carboxylic acids is 3. The normalized spacial score (nSPS) is 15.7. The molecular formula is C23H21BrINO6S. The summed E-state index contributed by atoms with van der Waals surface area (Å²) in [5.41, 5.74) is 1.68. The summed E-state index contributed by atoms with van der Waals surface area (Å²) in [5, 5.41) is -0.515. The topological polar surface area (TPSA) is 82.1 Å². The largest absolute Gasteiger partial charge is 0.490 e. The number of halogens is 2. The average Bonchev–Trinajstić information content (AvgIpc) is 3.06. The van der Waals surface area contributed by atoms with Crippen LogP contribution in [-0.2, 0) is 20.9 Å². The van der Waals surface area contributed by atoms with Crippen molar-refractivity contribution in [3.8, 4) is 11.5 Å². The zero-order valence-corrected chi connectivity index (χ0v) is 22.7. The Balaban J connectivity index is 1.86. The molecule has 0 saturated carbocycles. The zero-order valence-electron chi connectivity index (χ0n) is 18.1. The Kier molecular flexibility index (Phi) is 8.82.